The van der Waals surface area contributed by atoms with Gasteiger partial charge in [-0.2, -0.15) is 0 Å². The molecular formula is C15H20FN3. The smallest absolute Gasteiger partial charge is 0.192 e. The molecule has 0 amide bonds. The van der Waals surface area contributed by atoms with E-state index in [4.69, 9.17) is 5.73 Å². The van der Waals surface area contributed by atoms with Crippen molar-refractivity contribution in [3.8, 4) is 0 Å². The Balaban J connectivity index is 2.10. The van der Waals surface area contributed by atoms with Crippen molar-refractivity contribution in [2.45, 2.75) is 44.7 Å². The van der Waals surface area contributed by atoms with E-state index in [-0.39, 0.29) is 11.4 Å². The van der Waals surface area contributed by atoms with E-state index in [1.165, 1.54) is 0 Å². The molecule has 1 aromatic carbocycles. The highest BCUT2D eigenvalue weighted by atomic mass is 19.1. The van der Waals surface area contributed by atoms with Crippen LogP contribution >= 0.6 is 0 Å². The summed E-state index contributed by atoms with van der Waals surface area (Å²) in [6.07, 6.45) is 2.68. The van der Waals surface area contributed by atoms with Crippen LogP contribution in [0.3, 0.4) is 0 Å². The van der Waals surface area contributed by atoms with Crippen LogP contribution in [0.2, 0.25) is 0 Å². The van der Waals surface area contributed by atoms with Crippen molar-refractivity contribution in [2.75, 3.05) is 6.54 Å². The van der Waals surface area contributed by atoms with Crippen LogP contribution in [0.25, 0.3) is 0 Å². The standard InChI is InChI=1S/C15H20FN3/c1-3-10(2)19-14(17)18-9-15(19)8-7-11-12(15)5-4-6-13(11)16/h4-6,10H,3,7-9H2,1-2H3,(H2,17,18). The fourth-order valence-electron chi connectivity index (χ4n) is 3.54. The number of fused-ring (bicyclic) bond motifs is 2. The Labute approximate surface area is 113 Å². The molecule has 1 aliphatic heterocycles. The number of hydrogen-bond acceptors (Lipinski definition) is 3. The van der Waals surface area contributed by atoms with Gasteiger partial charge in [0.15, 0.2) is 5.96 Å². The SMILES string of the molecule is CCC(C)N1C(N)=NCC12CCc1c(F)cccc12. The molecule has 1 spiro atoms. The number of guanidine groups is 1. The van der Waals surface area contributed by atoms with E-state index >= 15 is 0 Å². The van der Waals surface area contributed by atoms with Gasteiger partial charge in [0, 0.05) is 6.04 Å². The summed E-state index contributed by atoms with van der Waals surface area (Å²) in [6, 6.07) is 5.70. The molecule has 0 fully saturated rings. The predicted molar refractivity (Wildman–Crippen MR) is 74.5 cm³/mol. The summed E-state index contributed by atoms with van der Waals surface area (Å²) in [5.41, 5.74) is 7.80. The van der Waals surface area contributed by atoms with Crippen LogP contribution in [0.1, 0.15) is 37.8 Å². The summed E-state index contributed by atoms with van der Waals surface area (Å²) in [5, 5.41) is 0. The second-order valence-corrected chi connectivity index (χ2v) is 5.60. The number of aliphatic imine (C=N–C) groups is 1. The normalized spacial score (nSPS) is 26.7. The molecule has 0 saturated carbocycles. The van der Waals surface area contributed by atoms with Crippen LogP contribution in [0.15, 0.2) is 23.2 Å². The second kappa shape index (κ2) is 4.22. The van der Waals surface area contributed by atoms with Gasteiger partial charge in [0.25, 0.3) is 0 Å². The van der Waals surface area contributed by atoms with E-state index < -0.39 is 0 Å². The molecule has 0 radical (unpaired) electrons. The lowest BCUT2D eigenvalue weighted by Crippen LogP contribution is -2.52. The molecule has 2 N–H and O–H groups in total. The molecule has 1 heterocycles. The van der Waals surface area contributed by atoms with Crippen LogP contribution in [0, 0.1) is 5.82 Å². The van der Waals surface area contributed by atoms with E-state index in [1.54, 1.807) is 12.1 Å². The van der Waals surface area contributed by atoms with Gasteiger partial charge in [-0.15, -0.1) is 0 Å². The van der Waals surface area contributed by atoms with Crippen molar-refractivity contribution in [3.05, 3.63) is 35.1 Å². The van der Waals surface area contributed by atoms with E-state index in [0.717, 1.165) is 30.4 Å². The molecule has 3 rings (SSSR count). The summed E-state index contributed by atoms with van der Waals surface area (Å²) in [4.78, 5) is 6.65. The van der Waals surface area contributed by atoms with Crippen molar-refractivity contribution in [1.82, 2.24) is 4.90 Å². The molecular weight excluding hydrogens is 241 g/mol. The molecule has 1 aromatic rings. The number of halogens is 1. The van der Waals surface area contributed by atoms with Gasteiger partial charge in [-0.3, -0.25) is 4.99 Å². The molecule has 2 unspecified atom stereocenters. The molecule has 0 bridgehead atoms. The van der Waals surface area contributed by atoms with Gasteiger partial charge in [0.2, 0.25) is 0 Å². The zero-order valence-electron chi connectivity index (χ0n) is 11.5. The van der Waals surface area contributed by atoms with Gasteiger partial charge >= 0.3 is 0 Å². The Morgan fingerprint density at radius 2 is 2.32 bits per heavy atom. The summed E-state index contributed by atoms with van der Waals surface area (Å²) in [5.74, 6) is 0.510. The second-order valence-electron chi connectivity index (χ2n) is 5.60. The van der Waals surface area contributed by atoms with E-state index in [9.17, 15) is 4.39 Å². The van der Waals surface area contributed by atoms with Crippen molar-refractivity contribution >= 4 is 5.96 Å². The van der Waals surface area contributed by atoms with E-state index in [2.05, 4.69) is 23.7 Å². The zero-order chi connectivity index (χ0) is 13.6. The molecule has 102 valence electrons. The third kappa shape index (κ3) is 1.58. The molecule has 0 aromatic heterocycles. The maximum absolute atomic E-state index is 13.9. The molecule has 1 aliphatic carbocycles. The van der Waals surface area contributed by atoms with Gasteiger partial charge in [-0.05, 0) is 43.4 Å². The van der Waals surface area contributed by atoms with Crippen LogP contribution in [0.5, 0.6) is 0 Å². The topological polar surface area (TPSA) is 41.6 Å². The molecule has 19 heavy (non-hydrogen) atoms. The highest BCUT2D eigenvalue weighted by Crippen LogP contribution is 2.46. The third-order valence-corrected chi connectivity index (χ3v) is 4.65. The van der Waals surface area contributed by atoms with Crippen molar-refractivity contribution in [1.29, 1.82) is 0 Å². The first-order chi connectivity index (χ1) is 9.10. The number of nitrogens with zero attached hydrogens (tertiary/aromatic N) is 2. The maximum atomic E-state index is 13.9. The number of hydrogen-bond donors (Lipinski definition) is 1. The highest BCUT2D eigenvalue weighted by Gasteiger charge is 2.49. The lowest BCUT2D eigenvalue weighted by Gasteiger charge is -2.41. The average Bonchev–Trinajstić information content (AvgIpc) is 2.94. The Morgan fingerprint density at radius 3 is 3.05 bits per heavy atom. The minimum absolute atomic E-state index is 0.0936. The Bertz CT molecular complexity index is 540. The summed E-state index contributed by atoms with van der Waals surface area (Å²) >= 11 is 0. The molecule has 2 aliphatic rings. The van der Waals surface area contributed by atoms with Gasteiger partial charge in [-0.25, -0.2) is 4.39 Å². The predicted octanol–water partition coefficient (Wildman–Crippen LogP) is 2.40. The summed E-state index contributed by atoms with van der Waals surface area (Å²) in [6.45, 7) is 4.96. The number of rotatable bonds is 2. The van der Waals surface area contributed by atoms with Crippen molar-refractivity contribution in [2.24, 2.45) is 10.7 Å². The third-order valence-electron chi connectivity index (χ3n) is 4.65. The van der Waals surface area contributed by atoms with Gasteiger partial charge < -0.3 is 10.6 Å². The Hall–Kier alpha value is -1.58. The monoisotopic (exact) mass is 261 g/mol. The largest absolute Gasteiger partial charge is 0.370 e. The van der Waals surface area contributed by atoms with Gasteiger partial charge in [0.1, 0.15) is 5.82 Å². The van der Waals surface area contributed by atoms with Gasteiger partial charge in [-0.1, -0.05) is 19.1 Å². The quantitative estimate of drug-likeness (QED) is 0.888. The first-order valence-corrected chi connectivity index (χ1v) is 6.97. The van der Waals surface area contributed by atoms with Crippen LogP contribution in [-0.2, 0) is 12.0 Å². The van der Waals surface area contributed by atoms with Crippen LogP contribution < -0.4 is 5.73 Å². The minimum Gasteiger partial charge on any atom is -0.370 e. The molecule has 0 saturated heterocycles. The van der Waals surface area contributed by atoms with Crippen molar-refractivity contribution in [3.63, 3.8) is 0 Å². The minimum atomic E-state index is -0.211. The first-order valence-electron chi connectivity index (χ1n) is 6.97. The first kappa shape index (κ1) is 12.5. The Kier molecular flexibility index (Phi) is 2.77. The fourth-order valence-corrected chi connectivity index (χ4v) is 3.54. The lowest BCUT2D eigenvalue weighted by atomic mass is 9.89. The van der Waals surface area contributed by atoms with Crippen LogP contribution in [0.4, 0.5) is 4.39 Å². The molecule has 2 atom stereocenters. The van der Waals surface area contributed by atoms with Crippen molar-refractivity contribution < 1.29 is 4.39 Å². The van der Waals surface area contributed by atoms with Gasteiger partial charge in [0.05, 0.1) is 12.1 Å². The average molecular weight is 261 g/mol. The molecule has 3 nitrogen and oxygen atoms in total. The molecule has 4 heteroatoms. The summed E-state index contributed by atoms with van der Waals surface area (Å²) < 4.78 is 13.9. The Morgan fingerprint density at radius 1 is 1.53 bits per heavy atom. The maximum Gasteiger partial charge on any atom is 0.192 e. The van der Waals surface area contributed by atoms with E-state index in [0.29, 0.717) is 18.5 Å². The van der Waals surface area contributed by atoms with E-state index in [1.807, 2.05) is 6.07 Å². The fraction of sp³-hybridized carbons (Fsp3) is 0.533. The summed E-state index contributed by atoms with van der Waals surface area (Å²) in [7, 11) is 0. The zero-order valence-corrected chi connectivity index (χ0v) is 11.5. The lowest BCUT2D eigenvalue weighted by molar-refractivity contribution is 0.153. The number of benzene rings is 1. The van der Waals surface area contributed by atoms with Crippen LogP contribution in [-0.4, -0.2) is 23.4 Å². The highest BCUT2D eigenvalue weighted by molar-refractivity contribution is 5.82. The number of nitrogens with two attached hydrogens (primary N) is 1.